The summed E-state index contributed by atoms with van der Waals surface area (Å²) in [4.78, 5) is 13.3. The number of hydrogen-bond donors (Lipinski definition) is 1. The van der Waals surface area contributed by atoms with Crippen LogP contribution >= 0.6 is 11.3 Å². The molecule has 2 aromatic rings. The molecule has 0 spiro atoms. The van der Waals surface area contributed by atoms with Crippen LogP contribution in [-0.4, -0.2) is 12.1 Å². The summed E-state index contributed by atoms with van der Waals surface area (Å²) in [6.07, 6.45) is 3.86. The number of alkyl carbamates (subject to hydrolysis) is 1. The van der Waals surface area contributed by atoms with E-state index < -0.39 is 0 Å². The first-order valence-electron chi connectivity index (χ1n) is 7.34. The molecule has 0 saturated heterocycles. The van der Waals surface area contributed by atoms with Crippen LogP contribution in [0.5, 0.6) is 0 Å². The summed E-state index contributed by atoms with van der Waals surface area (Å²) in [6.45, 7) is 0.323. The molecular formula is C17H19NO2S. The first-order valence-corrected chi connectivity index (χ1v) is 8.21. The van der Waals surface area contributed by atoms with Crippen molar-refractivity contribution in [3.05, 3.63) is 57.8 Å². The smallest absolute Gasteiger partial charge is 0.407 e. The predicted octanol–water partition coefficient (Wildman–Crippen LogP) is 3.92. The van der Waals surface area contributed by atoms with E-state index in [0.717, 1.165) is 31.2 Å². The van der Waals surface area contributed by atoms with Crippen molar-refractivity contribution in [3.63, 3.8) is 0 Å². The second-order valence-corrected chi connectivity index (χ2v) is 6.37. The average Bonchev–Trinajstić information content (AvgIpc) is 2.85. The highest BCUT2D eigenvalue weighted by molar-refractivity contribution is 7.10. The van der Waals surface area contributed by atoms with Crippen LogP contribution in [0.15, 0.2) is 41.8 Å². The molecule has 0 fully saturated rings. The van der Waals surface area contributed by atoms with Gasteiger partial charge in [0.2, 0.25) is 0 Å². The molecule has 1 aromatic carbocycles. The summed E-state index contributed by atoms with van der Waals surface area (Å²) in [5.74, 6) is 0. The average molecular weight is 301 g/mol. The summed E-state index contributed by atoms with van der Waals surface area (Å²) in [5, 5.41) is 5.14. The molecule has 3 rings (SSSR count). The molecule has 1 unspecified atom stereocenters. The van der Waals surface area contributed by atoms with Crippen molar-refractivity contribution in [2.75, 3.05) is 0 Å². The number of carbonyl (C=O) groups excluding carboxylic acids is 1. The Morgan fingerprint density at radius 3 is 3.00 bits per heavy atom. The highest BCUT2D eigenvalue weighted by atomic mass is 32.1. The molecule has 1 amide bonds. The second-order valence-electron chi connectivity index (χ2n) is 5.37. The van der Waals surface area contributed by atoms with Crippen molar-refractivity contribution in [2.24, 2.45) is 0 Å². The number of aryl methyl sites for hydroxylation is 1. The first-order chi connectivity index (χ1) is 10.3. The minimum Gasteiger partial charge on any atom is -0.445 e. The number of nitrogens with one attached hydrogen (secondary N) is 1. The third-order valence-electron chi connectivity index (χ3n) is 3.80. The maximum atomic E-state index is 11.9. The molecule has 1 aliphatic rings. The van der Waals surface area contributed by atoms with E-state index in [1.54, 1.807) is 11.3 Å². The van der Waals surface area contributed by atoms with E-state index in [0.29, 0.717) is 6.61 Å². The second kappa shape index (κ2) is 6.76. The zero-order valence-electron chi connectivity index (χ0n) is 11.9. The van der Waals surface area contributed by atoms with Crippen LogP contribution in [0, 0.1) is 0 Å². The third-order valence-corrected chi connectivity index (χ3v) is 4.79. The van der Waals surface area contributed by atoms with E-state index in [1.165, 1.54) is 10.4 Å². The van der Waals surface area contributed by atoms with Gasteiger partial charge in [-0.25, -0.2) is 4.79 Å². The lowest BCUT2D eigenvalue weighted by atomic mass is 10.1. The quantitative estimate of drug-likeness (QED) is 0.873. The van der Waals surface area contributed by atoms with Gasteiger partial charge < -0.3 is 10.1 Å². The van der Waals surface area contributed by atoms with Crippen molar-refractivity contribution in [3.8, 4) is 0 Å². The van der Waals surface area contributed by atoms with Gasteiger partial charge in [0, 0.05) is 17.3 Å². The van der Waals surface area contributed by atoms with Gasteiger partial charge in [-0.15, -0.1) is 11.3 Å². The molecule has 0 radical (unpaired) electrons. The topological polar surface area (TPSA) is 38.3 Å². The molecule has 1 aromatic heterocycles. The molecule has 1 aliphatic carbocycles. The van der Waals surface area contributed by atoms with Gasteiger partial charge in [0.25, 0.3) is 0 Å². The zero-order chi connectivity index (χ0) is 14.5. The number of rotatable bonds is 3. The first kappa shape index (κ1) is 14.1. The SMILES string of the molecule is O=C(NC1CCCc2ccsc2C1)OCc1ccccc1. The van der Waals surface area contributed by atoms with Crippen LogP contribution < -0.4 is 5.32 Å². The van der Waals surface area contributed by atoms with Crippen molar-refractivity contribution in [1.82, 2.24) is 5.32 Å². The maximum Gasteiger partial charge on any atom is 0.407 e. The normalized spacial score (nSPS) is 17.6. The van der Waals surface area contributed by atoms with Gasteiger partial charge in [-0.1, -0.05) is 30.3 Å². The van der Waals surface area contributed by atoms with Gasteiger partial charge >= 0.3 is 6.09 Å². The molecule has 0 aliphatic heterocycles. The number of fused-ring (bicyclic) bond motifs is 1. The van der Waals surface area contributed by atoms with E-state index in [9.17, 15) is 4.79 Å². The van der Waals surface area contributed by atoms with Gasteiger partial charge in [-0.2, -0.15) is 0 Å². The lowest BCUT2D eigenvalue weighted by Crippen LogP contribution is -2.36. The van der Waals surface area contributed by atoms with Crippen molar-refractivity contribution in [1.29, 1.82) is 0 Å². The lowest BCUT2D eigenvalue weighted by Gasteiger charge is -2.16. The molecule has 1 atom stereocenters. The minimum absolute atomic E-state index is 0.188. The van der Waals surface area contributed by atoms with Crippen LogP contribution in [0.3, 0.4) is 0 Å². The molecule has 0 bridgehead atoms. The van der Waals surface area contributed by atoms with Crippen LogP contribution in [0.1, 0.15) is 28.8 Å². The standard InChI is InChI=1S/C17H19NO2S/c19-17(20-12-13-5-2-1-3-6-13)18-15-8-4-7-14-9-10-21-16(14)11-15/h1-3,5-6,9-10,15H,4,7-8,11-12H2,(H,18,19). The molecule has 21 heavy (non-hydrogen) atoms. The van der Waals surface area contributed by atoms with Crippen molar-refractivity contribution in [2.45, 2.75) is 38.3 Å². The van der Waals surface area contributed by atoms with Crippen LogP contribution in [-0.2, 0) is 24.2 Å². The van der Waals surface area contributed by atoms with E-state index in [1.807, 2.05) is 30.3 Å². The van der Waals surface area contributed by atoms with Crippen molar-refractivity contribution >= 4 is 17.4 Å². The number of hydrogen-bond acceptors (Lipinski definition) is 3. The molecule has 110 valence electrons. The largest absolute Gasteiger partial charge is 0.445 e. The summed E-state index contributed by atoms with van der Waals surface area (Å²) >= 11 is 1.79. The van der Waals surface area contributed by atoms with Gasteiger partial charge in [0.05, 0.1) is 0 Å². The Labute approximate surface area is 129 Å². The number of benzene rings is 1. The van der Waals surface area contributed by atoms with E-state index in [2.05, 4.69) is 16.8 Å². The Kier molecular flexibility index (Phi) is 4.55. The number of thiophene rings is 1. The fourth-order valence-corrected chi connectivity index (χ4v) is 3.70. The highest BCUT2D eigenvalue weighted by Crippen LogP contribution is 2.25. The van der Waals surface area contributed by atoms with Gasteiger partial charge in [0.1, 0.15) is 6.61 Å². The van der Waals surface area contributed by atoms with Crippen LogP contribution in [0.2, 0.25) is 0 Å². The predicted molar refractivity (Wildman–Crippen MR) is 84.5 cm³/mol. The fraction of sp³-hybridized carbons (Fsp3) is 0.353. The highest BCUT2D eigenvalue weighted by Gasteiger charge is 2.19. The Hall–Kier alpha value is -1.81. The van der Waals surface area contributed by atoms with Gasteiger partial charge in [0.15, 0.2) is 0 Å². The summed E-state index contributed by atoms with van der Waals surface area (Å²) in [7, 11) is 0. The van der Waals surface area contributed by atoms with E-state index >= 15 is 0 Å². The Balaban J connectivity index is 1.51. The van der Waals surface area contributed by atoms with E-state index in [-0.39, 0.29) is 12.1 Å². The molecule has 4 heteroatoms. The maximum absolute atomic E-state index is 11.9. The Morgan fingerprint density at radius 1 is 1.29 bits per heavy atom. The number of ether oxygens (including phenoxy) is 1. The third kappa shape index (κ3) is 3.85. The van der Waals surface area contributed by atoms with Crippen LogP contribution in [0.4, 0.5) is 4.79 Å². The Bertz CT molecular complexity index is 594. The lowest BCUT2D eigenvalue weighted by molar-refractivity contribution is 0.135. The molecule has 0 saturated carbocycles. The Morgan fingerprint density at radius 2 is 2.14 bits per heavy atom. The summed E-state index contributed by atoms with van der Waals surface area (Å²) in [5.41, 5.74) is 2.45. The van der Waals surface area contributed by atoms with Gasteiger partial charge in [-0.3, -0.25) is 0 Å². The summed E-state index contributed by atoms with van der Waals surface area (Å²) in [6, 6.07) is 12.1. The van der Waals surface area contributed by atoms with Gasteiger partial charge in [-0.05, 0) is 41.8 Å². The van der Waals surface area contributed by atoms with Crippen molar-refractivity contribution < 1.29 is 9.53 Å². The molecule has 1 heterocycles. The molecular weight excluding hydrogens is 282 g/mol. The fourth-order valence-electron chi connectivity index (χ4n) is 2.69. The van der Waals surface area contributed by atoms with Crippen LogP contribution in [0.25, 0.3) is 0 Å². The minimum atomic E-state index is -0.316. The molecule has 1 N–H and O–H groups in total. The molecule has 3 nitrogen and oxygen atoms in total. The zero-order valence-corrected chi connectivity index (χ0v) is 12.7. The van der Waals surface area contributed by atoms with E-state index in [4.69, 9.17) is 4.74 Å². The monoisotopic (exact) mass is 301 g/mol. The number of amides is 1. The number of carbonyl (C=O) groups is 1. The summed E-state index contributed by atoms with van der Waals surface area (Å²) < 4.78 is 5.29.